The smallest absolute Gasteiger partial charge is 0.216 e. The van der Waals surface area contributed by atoms with Crippen LogP contribution in [0, 0.1) is 3.57 Å². The van der Waals surface area contributed by atoms with Crippen molar-refractivity contribution < 1.29 is 14.3 Å². The van der Waals surface area contributed by atoms with Crippen LogP contribution in [0.4, 0.5) is 5.69 Å². The van der Waals surface area contributed by atoms with Crippen LogP contribution >= 0.6 is 22.6 Å². The van der Waals surface area contributed by atoms with Crippen molar-refractivity contribution >= 4 is 40.5 Å². The third kappa shape index (κ3) is 3.66. The minimum atomic E-state index is -0.584. The summed E-state index contributed by atoms with van der Waals surface area (Å²) in [5.41, 5.74) is 0.947. The van der Waals surface area contributed by atoms with E-state index in [1.807, 2.05) is 29.2 Å². The Morgan fingerprint density at radius 1 is 1.53 bits per heavy atom. The molecule has 1 fully saturated rings. The largest absolute Gasteiger partial charge is 0.354 e. The van der Waals surface area contributed by atoms with Crippen LogP contribution in [-0.4, -0.2) is 37.6 Å². The maximum atomic E-state index is 11.1. The SMILES string of the molecule is CC(=O)NCC1CN(c2ccc(I)cc2)C(C=O)O1. The molecule has 1 saturated heterocycles. The zero-order valence-corrected chi connectivity index (χ0v) is 12.7. The number of benzene rings is 1. The van der Waals surface area contributed by atoms with Gasteiger partial charge in [-0.15, -0.1) is 0 Å². The normalized spacial score (nSPS) is 22.3. The molecule has 2 unspecified atom stereocenters. The molecule has 0 aromatic heterocycles. The number of carbonyl (C=O) groups is 2. The fraction of sp³-hybridized carbons (Fsp3) is 0.385. The van der Waals surface area contributed by atoms with Crippen LogP contribution in [0.15, 0.2) is 24.3 Å². The van der Waals surface area contributed by atoms with Gasteiger partial charge in [-0.1, -0.05) is 0 Å². The molecule has 1 aliphatic rings. The number of amides is 1. The van der Waals surface area contributed by atoms with Gasteiger partial charge in [0.05, 0.1) is 6.10 Å². The summed E-state index contributed by atoms with van der Waals surface area (Å²) in [4.78, 5) is 23.9. The lowest BCUT2D eigenvalue weighted by atomic mass is 10.2. The first-order valence-corrected chi connectivity index (χ1v) is 7.05. The van der Waals surface area contributed by atoms with E-state index < -0.39 is 6.23 Å². The maximum absolute atomic E-state index is 11.1. The van der Waals surface area contributed by atoms with Gasteiger partial charge in [-0.05, 0) is 46.9 Å². The van der Waals surface area contributed by atoms with Crippen molar-refractivity contribution in [1.29, 1.82) is 0 Å². The zero-order valence-electron chi connectivity index (χ0n) is 10.5. The van der Waals surface area contributed by atoms with E-state index in [-0.39, 0.29) is 12.0 Å². The topological polar surface area (TPSA) is 58.6 Å². The Morgan fingerprint density at radius 3 is 2.79 bits per heavy atom. The number of rotatable bonds is 4. The molecule has 1 amide bonds. The van der Waals surface area contributed by atoms with Crippen LogP contribution in [0.5, 0.6) is 0 Å². The second kappa shape index (κ2) is 6.33. The van der Waals surface area contributed by atoms with E-state index in [2.05, 4.69) is 27.9 Å². The van der Waals surface area contributed by atoms with E-state index in [1.165, 1.54) is 6.92 Å². The Hall–Kier alpha value is -1.15. The summed E-state index contributed by atoms with van der Waals surface area (Å²) in [7, 11) is 0. The number of nitrogens with zero attached hydrogens (tertiary/aromatic N) is 1. The average molecular weight is 374 g/mol. The number of aldehydes is 1. The van der Waals surface area contributed by atoms with Gasteiger partial charge in [0.2, 0.25) is 5.91 Å². The number of anilines is 1. The minimum Gasteiger partial charge on any atom is -0.354 e. The molecule has 0 saturated carbocycles. The summed E-state index contributed by atoms with van der Waals surface area (Å²) in [6.45, 7) is 2.47. The molecule has 1 aromatic carbocycles. The average Bonchev–Trinajstić information content (AvgIpc) is 2.80. The third-order valence-electron chi connectivity index (χ3n) is 2.89. The molecule has 0 radical (unpaired) electrons. The summed E-state index contributed by atoms with van der Waals surface area (Å²) in [5, 5.41) is 2.71. The van der Waals surface area contributed by atoms with Crippen molar-refractivity contribution in [3.63, 3.8) is 0 Å². The van der Waals surface area contributed by atoms with E-state index in [1.54, 1.807) is 0 Å². The molecule has 2 atom stereocenters. The monoisotopic (exact) mass is 374 g/mol. The van der Waals surface area contributed by atoms with Crippen molar-refractivity contribution in [3.8, 4) is 0 Å². The molecule has 0 bridgehead atoms. The van der Waals surface area contributed by atoms with Gasteiger partial charge >= 0.3 is 0 Å². The molecule has 0 spiro atoms. The summed E-state index contributed by atoms with van der Waals surface area (Å²) in [6, 6.07) is 7.89. The van der Waals surface area contributed by atoms with E-state index in [9.17, 15) is 9.59 Å². The predicted octanol–water partition coefficient (Wildman–Crippen LogP) is 1.16. The van der Waals surface area contributed by atoms with Gasteiger partial charge in [0, 0.05) is 29.3 Å². The quantitative estimate of drug-likeness (QED) is 0.635. The van der Waals surface area contributed by atoms with E-state index in [0.717, 1.165) is 15.5 Å². The van der Waals surface area contributed by atoms with Crippen LogP contribution in [0.3, 0.4) is 0 Å². The molecule has 1 aliphatic heterocycles. The summed E-state index contributed by atoms with van der Waals surface area (Å²) < 4.78 is 6.74. The van der Waals surface area contributed by atoms with Gasteiger partial charge in [0.25, 0.3) is 0 Å². The molecule has 0 aliphatic carbocycles. The Kier molecular flexibility index (Phi) is 4.76. The lowest BCUT2D eigenvalue weighted by Gasteiger charge is -2.20. The van der Waals surface area contributed by atoms with Crippen LogP contribution in [-0.2, 0) is 14.3 Å². The number of halogens is 1. The van der Waals surface area contributed by atoms with Crippen molar-refractivity contribution in [2.75, 3.05) is 18.0 Å². The molecular weight excluding hydrogens is 359 g/mol. The molecule has 1 N–H and O–H groups in total. The summed E-state index contributed by atoms with van der Waals surface area (Å²) >= 11 is 2.23. The zero-order chi connectivity index (χ0) is 13.8. The molecule has 1 aromatic rings. The minimum absolute atomic E-state index is 0.0982. The molecule has 19 heavy (non-hydrogen) atoms. The highest BCUT2D eigenvalue weighted by Crippen LogP contribution is 2.24. The first-order valence-electron chi connectivity index (χ1n) is 5.97. The van der Waals surface area contributed by atoms with Crippen molar-refractivity contribution in [1.82, 2.24) is 5.32 Å². The van der Waals surface area contributed by atoms with Gasteiger partial charge in [-0.25, -0.2) is 0 Å². The maximum Gasteiger partial charge on any atom is 0.216 e. The van der Waals surface area contributed by atoms with Gasteiger partial charge in [-0.2, -0.15) is 0 Å². The number of hydrogen-bond acceptors (Lipinski definition) is 4. The van der Waals surface area contributed by atoms with Crippen molar-refractivity contribution in [2.24, 2.45) is 0 Å². The first-order chi connectivity index (χ1) is 9.10. The van der Waals surface area contributed by atoms with E-state index >= 15 is 0 Å². The standard InChI is InChI=1S/C13H15IN2O3/c1-9(18)15-6-12-7-16(13(8-17)19-12)11-4-2-10(14)3-5-11/h2-5,8,12-13H,6-7H2,1H3,(H,15,18). The fourth-order valence-electron chi connectivity index (χ4n) is 2.00. The molecular formula is C13H15IN2O3. The number of ether oxygens (including phenoxy) is 1. The number of carbonyl (C=O) groups excluding carboxylic acids is 2. The Bertz CT molecular complexity index is 463. The van der Waals surface area contributed by atoms with Crippen LogP contribution in [0.2, 0.25) is 0 Å². The lowest BCUT2D eigenvalue weighted by molar-refractivity contribution is -0.120. The van der Waals surface area contributed by atoms with Gasteiger partial charge < -0.3 is 15.0 Å². The summed E-state index contributed by atoms with van der Waals surface area (Å²) in [5.74, 6) is -0.0982. The molecule has 5 nitrogen and oxygen atoms in total. The van der Waals surface area contributed by atoms with Gasteiger partial charge in [0.15, 0.2) is 12.5 Å². The first kappa shape index (κ1) is 14.3. The van der Waals surface area contributed by atoms with Crippen LogP contribution < -0.4 is 10.2 Å². The molecule has 6 heteroatoms. The van der Waals surface area contributed by atoms with E-state index in [0.29, 0.717) is 13.1 Å². The third-order valence-corrected chi connectivity index (χ3v) is 3.61. The van der Waals surface area contributed by atoms with Crippen molar-refractivity contribution in [3.05, 3.63) is 27.8 Å². The summed E-state index contributed by atoms with van der Waals surface area (Å²) in [6.07, 6.45) is 0.0309. The van der Waals surface area contributed by atoms with Gasteiger partial charge in [-0.3, -0.25) is 9.59 Å². The van der Waals surface area contributed by atoms with Crippen LogP contribution in [0.1, 0.15) is 6.92 Å². The highest BCUT2D eigenvalue weighted by Gasteiger charge is 2.32. The van der Waals surface area contributed by atoms with Gasteiger partial charge in [0.1, 0.15) is 0 Å². The Balaban J connectivity index is 2.05. The second-order valence-corrected chi connectivity index (χ2v) is 5.60. The highest BCUT2D eigenvalue weighted by molar-refractivity contribution is 14.1. The van der Waals surface area contributed by atoms with Crippen LogP contribution in [0.25, 0.3) is 0 Å². The number of hydrogen-bond donors (Lipinski definition) is 1. The molecule has 2 rings (SSSR count). The van der Waals surface area contributed by atoms with E-state index in [4.69, 9.17) is 4.74 Å². The lowest BCUT2D eigenvalue weighted by Crippen LogP contribution is -2.33. The molecule has 102 valence electrons. The van der Waals surface area contributed by atoms with Crippen molar-refractivity contribution in [2.45, 2.75) is 19.3 Å². The Morgan fingerprint density at radius 2 is 2.21 bits per heavy atom. The number of nitrogens with one attached hydrogen (secondary N) is 1. The second-order valence-electron chi connectivity index (χ2n) is 4.35. The highest BCUT2D eigenvalue weighted by atomic mass is 127. The predicted molar refractivity (Wildman–Crippen MR) is 79.9 cm³/mol. The fourth-order valence-corrected chi connectivity index (χ4v) is 2.36. The molecule has 1 heterocycles. The Labute approximate surface area is 125 Å².